The topological polar surface area (TPSA) is 23.6 Å². The lowest BCUT2D eigenvalue weighted by Gasteiger charge is -2.14. The molecule has 0 bridgehead atoms. The van der Waals surface area contributed by atoms with E-state index in [0.29, 0.717) is 15.8 Å². The Bertz CT molecular complexity index is 655. The molecule has 0 N–H and O–H groups in total. The van der Waals surface area contributed by atoms with Crippen molar-refractivity contribution < 1.29 is 4.79 Å². The molecule has 2 heterocycles. The summed E-state index contributed by atoms with van der Waals surface area (Å²) >= 11 is 8.55. The number of allylic oxidation sites excluding steroid dienone is 2. The van der Waals surface area contributed by atoms with Crippen LogP contribution in [0.5, 0.6) is 0 Å². The normalized spacial score (nSPS) is 22.4. The van der Waals surface area contributed by atoms with Gasteiger partial charge in [0, 0.05) is 19.3 Å². The van der Waals surface area contributed by atoms with Crippen LogP contribution in [0.25, 0.3) is 0 Å². The number of benzene rings is 1. The van der Waals surface area contributed by atoms with E-state index in [1.807, 2.05) is 54.2 Å². The van der Waals surface area contributed by atoms with Gasteiger partial charge < -0.3 is 4.90 Å². The predicted molar refractivity (Wildman–Crippen MR) is 98.4 cm³/mol. The molecule has 1 aromatic carbocycles. The molecule has 3 nitrogen and oxygen atoms in total. The number of rotatable bonds is 3. The van der Waals surface area contributed by atoms with Crippen LogP contribution in [0.3, 0.4) is 0 Å². The molecule has 2 fully saturated rings. The first kappa shape index (κ1) is 15.6. The molecule has 3 rings (SSSR count). The number of hydrogen-bond acceptors (Lipinski definition) is 5. The second-order valence-electron chi connectivity index (χ2n) is 5.05. The van der Waals surface area contributed by atoms with Gasteiger partial charge in [0.1, 0.15) is 4.32 Å². The second-order valence-corrected chi connectivity index (χ2v) is 7.84. The third-order valence-corrected chi connectivity index (χ3v) is 6.01. The highest BCUT2D eigenvalue weighted by atomic mass is 32.2. The van der Waals surface area contributed by atoms with Crippen molar-refractivity contribution in [1.29, 1.82) is 0 Å². The molecule has 0 saturated carbocycles. The number of thiocarbonyl (C=S) groups is 1. The minimum absolute atomic E-state index is 0.00125. The molecule has 0 atom stereocenters. The molecule has 0 aromatic heterocycles. The molecule has 1 amide bonds. The number of carbonyl (C=O) groups is 1. The van der Waals surface area contributed by atoms with E-state index < -0.39 is 0 Å². The highest BCUT2D eigenvalue weighted by molar-refractivity contribution is 8.26. The van der Waals surface area contributed by atoms with E-state index >= 15 is 0 Å². The van der Waals surface area contributed by atoms with Crippen molar-refractivity contribution in [1.82, 2.24) is 9.80 Å². The van der Waals surface area contributed by atoms with E-state index in [9.17, 15) is 4.79 Å². The maximum atomic E-state index is 12.5. The molecule has 6 heteroatoms. The van der Waals surface area contributed by atoms with E-state index in [1.165, 1.54) is 16.8 Å². The van der Waals surface area contributed by atoms with Crippen molar-refractivity contribution in [2.24, 2.45) is 0 Å². The van der Waals surface area contributed by atoms with Crippen LogP contribution in [0.15, 0.2) is 52.4 Å². The second kappa shape index (κ2) is 6.89. The Balaban J connectivity index is 1.74. The van der Waals surface area contributed by atoms with Crippen LogP contribution in [0.1, 0.15) is 5.56 Å². The zero-order valence-electron chi connectivity index (χ0n) is 12.2. The van der Waals surface area contributed by atoms with Crippen LogP contribution in [-0.2, 0) is 11.3 Å². The average molecular weight is 349 g/mol. The van der Waals surface area contributed by atoms with Gasteiger partial charge in [-0.25, -0.2) is 0 Å². The Kier molecular flexibility index (Phi) is 4.90. The first-order chi connectivity index (χ1) is 10.6. The third kappa shape index (κ3) is 3.39. The molecule has 2 aliphatic rings. The molecule has 0 aliphatic carbocycles. The number of carbonyl (C=O) groups excluding carboxylic acids is 1. The summed E-state index contributed by atoms with van der Waals surface area (Å²) in [5.41, 5.74) is 1.09. The SMILES string of the molecule is CN1CCS/C1=C/C=C1/SC(=S)N(Cc2ccccc2)C1=O. The lowest BCUT2D eigenvalue weighted by molar-refractivity contribution is -0.122. The number of thioether (sulfide) groups is 2. The van der Waals surface area contributed by atoms with E-state index in [0.717, 1.165) is 17.9 Å². The lowest BCUT2D eigenvalue weighted by atomic mass is 10.2. The van der Waals surface area contributed by atoms with E-state index in [1.54, 1.807) is 4.90 Å². The van der Waals surface area contributed by atoms with Crippen molar-refractivity contribution in [3.05, 3.63) is 58.0 Å². The number of amides is 1. The fourth-order valence-electron chi connectivity index (χ4n) is 2.25. The molecule has 0 unspecified atom stereocenters. The fourth-order valence-corrected chi connectivity index (χ4v) is 4.49. The highest BCUT2D eigenvalue weighted by Gasteiger charge is 2.31. The predicted octanol–water partition coefficient (Wildman–Crippen LogP) is 3.45. The van der Waals surface area contributed by atoms with Crippen molar-refractivity contribution in [3.8, 4) is 0 Å². The van der Waals surface area contributed by atoms with Gasteiger partial charge in [0.05, 0.1) is 16.5 Å². The van der Waals surface area contributed by atoms with E-state index in [2.05, 4.69) is 11.9 Å². The van der Waals surface area contributed by atoms with Crippen LogP contribution < -0.4 is 0 Å². The number of nitrogens with zero attached hydrogens (tertiary/aromatic N) is 2. The Morgan fingerprint density at radius 2 is 2.05 bits per heavy atom. The summed E-state index contributed by atoms with van der Waals surface area (Å²) in [6.45, 7) is 1.59. The van der Waals surface area contributed by atoms with Gasteiger partial charge in [-0.2, -0.15) is 0 Å². The van der Waals surface area contributed by atoms with Crippen LogP contribution in [0.4, 0.5) is 0 Å². The van der Waals surface area contributed by atoms with Crippen LogP contribution in [0, 0.1) is 0 Å². The maximum Gasteiger partial charge on any atom is 0.266 e. The van der Waals surface area contributed by atoms with Gasteiger partial charge in [-0.1, -0.05) is 54.3 Å². The molecule has 2 saturated heterocycles. The van der Waals surface area contributed by atoms with Crippen molar-refractivity contribution in [2.45, 2.75) is 6.54 Å². The lowest BCUT2D eigenvalue weighted by Crippen LogP contribution is -2.27. The molecule has 1 aromatic rings. The minimum atomic E-state index is 0.00125. The third-order valence-electron chi connectivity index (χ3n) is 3.49. The van der Waals surface area contributed by atoms with Crippen molar-refractivity contribution in [3.63, 3.8) is 0 Å². The van der Waals surface area contributed by atoms with E-state index in [-0.39, 0.29) is 5.91 Å². The van der Waals surface area contributed by atoms with Gasteiger partial charge in [0.2, 0.25) is 0 Å². The van der Waals surface area contributed by atoms with Gasteiger partial charge in [0.25, 0.3) is 5.91 Å². The Morgan fingerprint density at radius 1 is 1.27 bits per heavy atom. The van der Waals surface area contributed by atoms with Gasteiger partial charge in [-0.15, -0.1) is 11.8 Å². The van der Waals surface area contributed by atoms with Crippen LogP contribution >= 0.6 is 35.7 Å². The van der Waals surface area contributed by atoms with E-state index in [4.69, 9.17) is 12.2 Å². The van der Waals surface area contributed by atoms with Crippen molar-refractivity contribution in [2.75, 3.05) is 19.3 Å². The molecule has 22 heavy (non-hydrogen) atoms. The van der Waals surface area contributed by atoms with Crippen molar-refractivity contribution >= 4 is 46.0 Å². The summed E-state index contributed by atoms with van der Waals surface area (Å²) < 4.78 is 0.630. The summed E-state index contributed by atoms with van der Waals surface area (Å²) in [4.78, 5) is 17.1. The minimum Gasteiger partial charge on any atom is -0.369 e. The van der Waals surface area contributed by atoms with Gasteiger partial charge in [-0.3, -0.25) is 9.69 Å². The standard InChI is InChI=1S/C16H16N2OS3/c1-17-9-10-21-14(17)8-7-13-15(19)18(16(20)22-13)11-12-5-3-2-4-6-12/h2-8H,9-11H2,1H3/b13-7+,14-8+. The number of hydrogen-bond donors (Lipinski definition) is 0. The van der Waals surface area contributed by atoms with Gasteiger partial charge in [-0.05, 0) is 17.7 Å². The molecule has 114 valence electrons. The molecule has 0 spiro atoms. The van der Waals surface area contributed by atoms with Crippen LogP contribution in [0.2, 0.25) is 0 Å². The zero-order valence-corrected chi connectivity index (χ0v) is 14.6. The van der Waals surface area contributed by atoms with Gasteiger partial charge in [0.15, 0.2) is 0 Å². The quantitative estimate of drug-likeness (QED) is 0.615. The maximum absolute atomic E-state index is 12.5. The average Bonchev–Trinajstić information content (AvgIpc) is 3.04. The zero-order chi connectivity index (χ0) is 15.5. The smallest absolute Gasteiger partial charge is 0.266 e. The molecule has 0 radical (unpaired) electrons. The first-order valence-electron chi connectivity index (χ1n) is 6.98. The van der Waals surface area contributed by atoms with Gasteiger partial charge >= 0.3 is 0 Å². The first-order valence-corrected chi connectivity index (χ1v) is 9.20. The molecular weight excluding hydrogens is 332 g/mol. The molecule has 2 aliphatic heterocycles. The summed E-state index contributed by atoms with van der Waals surface area (Å²) in [5, 5.41) is 1.20. The summed E-state index contributed by atoms with van der Waals surface area (Å²) in [5.74, 6) is 1.10. The largest absolute Gasteiger partial charge is 0.369 e. The highest BCUT2D eigenvalue weighted by Crippen LogP contribution is 2.33. The fraction of sp³-hybridized carbons (Fsp3) is 0.250. The summed E-state index contributed by atoms with van der Waals surface area (Å²) in [6, 6.07) is 9.93. The molecular formula is C16H16N2OS3. The Labute approximate surface area is 144 Å². The summed E-state index contributed by atoms with van der Waals surface area (Å²) in [6.07, 6.45) is 3.92. The Hall–Kier alpha value is -1.24. The van der Waals surface area contributed by atoms with Crippen LogP contribution in [-0.4, -0.2) is 39.4 Å². The monoisotopic (exact) mass is 348 g/mol. The summed E-state index contributed by atoms with van der Waals surface area (Å²) in [7, 11) is 2.07. The Morgan fingerprint density at radius 3 is 2.73 bits per heavy atom.